The van der Waals surface area contributed by atoms with Crippen LogP contribution in [0.25, 0.3) is 0 Å². The molecule has 2 amide bonds. The lowest BCUT2D eigenvalue weighted by Crippen LogP contribution is -2.71. The van der Waals surface area contributed by atoms with Gasteiger partial charge in [-0.15, -0.1) is 0 Å². The van der Waals surface area contributed by atoms with Crippen LogP contribution in [0.15, 0.2) is 11.6 Å². The minimum absolute atomic E-state index is 0.00410. The molecule has 5 fully saturated rings. The molecule has 0 aromatic heterocycles. The number of allylic oxidation sites excluding steroid dienone is 1. The Morgan fingerprint density at radius 1 is 1.02 bits per heavy atom. The van der Waals surface area contributed by atoms with Crippen molar-refractivity contribution in [2.75, 3.05) is 14.1 Å². The van der Waals surface area contributed by atoms with E-state index in [2.05, 4.69) is 46.0 Å². The first-order chi connectivity index (χ1) is 18.4. The fraction of sp³-hybridized carbons (Fsp3) is 0.818. The second-order valence-electron chi connectivity index (χ2n) is 16.4. The van der Waals surface area contributed by atoms with Gasteiger partial charge in [-0.1, -0.05) is 54.0 Å². The van der Waals surface area contributed by atoms with E-state index in [1.807, 2.05) is 19.9 Å². The van der Waals surface area contributed by atoms with Gasteiger partial charge in [0.15, 0.2) is 11.6 Å². The molecule has 9 atom stereocenters. The second kappa shape index (κ2) is 7.79. The van der Waals surface area contributed by atoms with Gasteiger partial charge >= 0.3 is 6.03 Å². The molecule has 6 rings (SSSR count). The molecule has 0 spiro atoms. The van der Waals surface area contributed by atoms with Crippen molar-refractivity contribution in [1.29, 1.82) is 5.26 Å². The maximum absolute atomic E-state index is 14.6. The van der Waals surface area contributed by atoms with Crippen LogP contribution in [0.3, 0.4) is 0 Å². The predicted octanol–water partition coefficient (Wildman–Crippen LogP) is 5.44. The van der Waals surface area contributed by atoms with E-state index in [0.29, 0.717) is 0 Å². The first-order valence-electron chi connectivity index (χ1n) is 15.3. The SMILES string of the molecule is CN(C)C(=O)N[C@]12CCC(C)(C)CC1C1C(=O)C=C3[C@@]4(C)[C@H]5O[C@@]5(C#N)C(=O)C(C)(C)[C@@H]4CC[C@@]3(C)[C@]1(C)CC2. The number of ketones is 2. The van der Waals surface area contributed by atoms with Crippen molar-refractivity contribution in [3.8, 4) is 6.07 Å². The van der Waals surface area contributed by atoms with Gasteiger partial charge in [-0.3, -0.25) is 9.59 Å². The Hall–Kier alpha value is -2.20. The number of carbonyl (C=O) groups excluding carboxylic acids is 3. The van der Waals surface area contributed by atoms with Gasteiger partial charge in [0.2, 0.25) is 5.60 Å². The van der Waals surface area contributed by atoms with Gasteiger partial charge in [0, 0.05) is 36.4 Å². The number of hydrogen-bond donors (Lipinski definition) is 1. The monoisotopic (exact) mass is 549 g/mol. The number of ether oxygens (including phenoxy) is 1. The van der Waals surface area contributed by atoms with Crippen molar-refractivity contribution in [3.63, 3.8) is 0 Å². The van der Waals surface area contributed by atoms with Gasteiger partial charge in [0.05, 0.1) is 0 Å². The number of carbonyl (C=O) groups is 3. The van der Waals surface area contributed by atoms with E-state index in [4.69, 9.17) is 4.74 Å². The molecule has 218 valence electrons. The summed E-state index contributed by atoms with van der Waals surface area (Å²) >= 11 is 0. The highest BCUT2D eigenvalue weighted by atomic mass is 16.6. The number of urea groups is 1. The average molecular weight is 550 g/mol. The maximum atomic E-state index is 14.6. The molecular formula is C33H47N3O4. The van der Waals surface area contributed by atoms with Crippen LogP contribution >= 0.6 is 0 Å². The number of nitrogens with one attached hydrogen (secondary N) is 1. The summed E-state index contributed by atoms with van der Waals surface area (Å²) in [7, 11) is 3.55. The molecule has 5 aliphatic carbocycles. The van der Waals surface area contributed by atoms with E-state index in [-0.39, 0.29) is 51.6 Å². The molecule has 0 bridgehead atoms. The van der Waals surface area contributed by atoms with Crippen molar-refractivity contribution >= 4 is 17.6 Å². The molecule has 1 N–H and O–H groups in total. The van der Waals surface area contributed by atoms with E-state index in [1.165, 1.54) is 0 Å². The van der Waals surface area contributed by atoms with Crippen LogP contribution in [0.5, 0.6) is 0 Å². The lowest BCUT2D eigenvalue weighted by Gasteiger charge is -2.69. The van der Waals surface area contributed by atoms with Crippen LogP contribution in [0.1, 0.15) is 93.4 Å². The lowest BCUT2D eigenvalue weighted by molar-refractivity contribution is -0.165. The Morgan fingerprint density at radius 2 is 1.68 bits per heavy atom. The van der Waals surface area contributed by atoms with Crippen molar-refractivity contribution in [3.05, 3.63) is 11.6 Å². The number of hydrogen-bond acceptors (Lipinski definition) is 5. The second-order valence-corrected chi connectivity index (χ2v) is 16.4. The van der Waals surface area contributed by atoms with Crippen molar-refractivity contribution in [2.45, 2.75) is 111 Å². The van der Waals surface area contributed by atoms with E-state index < -0.39 is 28.1 Å². The molecular weight excluding hydrogens is 502 g/mol. The molecule has 4 saturated carbocycles. The number of nitriles is 1. The van der Waals surface area contributed by atoms with E-state index in [1.54, 1.807) is 19.0 Å². The summed E-state index contributed by atoms with van der Waals surface area (Å²) in [5.41, 5.74) is -2.47. The number of Topliss-reactive ketones (excluding diaryl/α,β-unsaturated/α-hetero) is 1. The third-order valence-corrected chi connectivity index (χ3v) is 13.5. The molecule has 1 heterocycles. The summed E-state index contributed by atoms with van der Waals surface area (Å²) in [6, 6.07) is 2.17. The van der Waals surface area contributed by atoms with Crippen molar-refractivity contribution in [1.82, 2.24) is 10.2 Å². The summed E-state index contributed by atoms with van der Waals surface area (Å²) < 4.78 is 6.11. The number of amides is 2. The zero-order chi connectivity index (χ0) is 29.5. The predicted molar refractivity (Wildman–Crippen MR) is 151 cm³/mol. The Morgan fingerprint density at radius 3 is 2.30 bits per heavy atom. The zero-order valence-corrected chi connectivity index (χ0v) is 25.9. The quantitative estimate of drug-likeness (QED) is 0.439. The van der Waals surface area contributed by atoms with Gasteiger partial charge in [-0.05, 0) is 79.1 Å². The summed E-state index contributed by atoms with van der Waals surface area (Å²) in [6.07, 6.45) is 7.68. The maximum Gasteiger partial charge on any atom is 0.317 e. The third kappa shape index (κ3) is 3.07. The molecule has 0 radical (unpaired) electrons. The van der Waals surface area contributed by atoms with Gasteiger partial charge in [-0.25, -0.2) is 4.79 Å². The van der Waals surface area contributed by atoms with Crippen molar-refractivity contribution in [2.24, 2.45) is 44.8 Å². The molecule has 1 aliphatic heterocycles. The molecule has 6 aliphatic rings. The van der Waals surface area contributed by atoms with Gasteiger partial charge in [0.1, 0.15) is 12.2 Å². The van der Waals surface area contributed by atoms with Crippen LogP contribution in [0.4, 0.5) is 4.79 Å². The molecule has 7 nitrogen and oxygen atoms in total. The van der Waals surface area contributed by atoms with Crippen LogP contribution < -0.4 is 5.32 Å². The topological polar surface area (TPSA) is 103 Å². The Labute approximate surface area is 239 Å². The third-order valence-electron chi connectivity index (χ3n) is 13.5. The highest BCUT2D eigenvalue weighted by molar-refractivity contribution is 6.01. The highest BCUT2D eigenvalue weighted by Crippen LogP contribution is 2.77. The molecule has 2 unspecified atom stereocenters. The van der Waals surface area contributed by atoms with E-state index in [9.17, 15) is 19.6 Å². The largest absolute Gasteiger partial charge is 0.342 e. The molecule has 1 saturated heterocycles. The first-order valence-corrected chi connectivity index (χ1v) is 15.3. The van der Waals surface area contributed by atoms with Gasteiger partial charge in [0.25, 0.3) is 0 Å². The van der Waals surface area contributed by atoms with Crippen LogP contribution in [0, 0.1) is 56.2 Å². The zero-order valence-electron chi connectivity index (χ0n) is 25.9. The molecule has 0 aromatic rings. The normalized spacial score (nSPS) is 49.5. The molecule has 40 heavy (non-hydrogen) atoms. The Bertz CT molecular complexity index is 1290. The fourth-order valence-electron chi connectivity index (χ4n) is 11.0. The fourth-order valence-corrected chi connectivity index (χ4v) is 11.0. The lowest BCUT2D eigenvalue weighted by atomic mass is 9.34. The van der Waals surface area contributed by atoms with E-state index in [0.717, 1.165) is 50.5 Å². The van der Waals surface area contributed by atoms with Crippen molar-refractivity contribution < 1.29 is 19.1 Å². The molecule has 7 heteroatoms. The van der Waals surface area contributed by atoms with Crippen LogP contribution in [-0.2, 0) is 14.3 Å². The Kier molecular flexibility index (Phi) is 5.44. The standard InChI is InChI=1S/C33H47N3O4/c1-27(2)12-14-32(35-26(39)36(8)9)15-13-30(6)23(19(32)17-27)20(37)16-22-29(30,5)11-10-21-28(3,4)24(38)33(18-34)25(40-33)31(21,22)7/h16,19,21,23,25H,10-15,17H2,1-9H3,(H,35,39)/t19?,21-,23?,25+,29+,30+,31-,32-,33-/m0/s1. The number of nitrogens with zero attached hydrogens (tertiary/aromatic N) is 2. The van der Waals surface area contributed by atoms with Crippen LogP contribution in [-0.4, -0.2) is 53.8 Å². The summed E-state index contributed by atoms with van der Waals surface area (Å²) in [4.78, 5) is 42.8. The highest BCUT2D eigenvalue weighted by Gasteiger charge is 2.82. The average Bonchev–Trinajstić information content (AvgIpc) is 3.62. The molecule has 0 aromatic carbocycles. The smallest absolute Gasteiger partial charge is 0.317 e. The minimum atomic E-state index is -1.40. The van der Waals surface area contributed by atoms with E-state index >= 15 is 0 Å². The summed E-state index contributed by atoms with van der Waals surface area (Å²) in [5.74, 6) is -0.0958. The minimum Gasteiger partial charge on any atom is -0.342 e. The number of epoxide rings is 1. The number of fused-ring (bicyclic) bond motifs is 9. The summed E-state index contributed by atoms with van der Waals surface area (Å²) in [5, 5.41) is 13.6. The first kappa shape index (κ1) is 27.9. The van der Waals surface area contributed by atoms with Gasteiger partial charge < -0.3 is 15.0 Å². The Balaban J connectivity index is 1.49. The van der Waals surface area contributed by atoms with Crippen LogP contribution in [0.2, 0.25) is 0 Å². The number of rotatable bonds is 1. The summed E-state index contributed by atoms with van der Waals surface area (Å²) in [6.45, 7) is 15.4. The van der Waals surface area contributed by atoms with Gasteiger partial charge in [-0.2, -0.15) is 5.26 Å².